The molecule has 1 aliphatic rings. The van der Waals surface area contributed by atoms with E-state index in [1.54, 1.807) is 24.3 Å². The SMILES string of the molecule is CC1CCCN(C(=O)O)C1c1nc(-c2cccc(C#N)c2)no1. The maximum absolute atomic E-state index is 11.4. The summed E-state index contributed by atoms with van der Waals surface area (Å²) in [6.07, 6.45) is 0.762. The first-order chi connectivity index (χ1) is 11.1. The van der Waals surface area contributed by atoms with Gasteiger partial charge in [-0.1, -0.05) is 24.2 Å². The molecule has 23 heavy (non-hydrogen) atoms. The lowest BCUT2D eigenvalue weighted by atomic mass is 9.91. The molecular weight excluding hydrogens is 296 g/mol. The van der Waals surface area contributed by atoms with E-state index < -0.39 is 12.1 Å². The highest BCUT2D eigenvalue weighted by atomic mass is 16.5. The monoisotopic (exact) mass is 312 g/mol. The second-order valence-corrected chi connectivity index (χ2v) is 5.69. The van der Waals surface area contributed by atoms with Gasteiger partial charge in [0.1, 0.15) is 6.04 Å². The molecule has 0 radical (unpaired) electrons. The van der Waals surface area contributed by atoms with Crippen LogP contribution in [0.2, 0.25) is 0 Å². The van der Waals surface area contributed by atoms with Crippen molar-refractivity contribution >= 4 is 6.09 Å². The molecule has 2 unspecified atom stereocenters. The van der Waals surface area contributed by atoms with Crippen molar-refractivity contribution in [2.75, 3.05) is 6.54 Å². The quantitative estimate of drug-likeness (QED) is 0.914. The van der Waals surface area contributed by atoms with Gasteiger partial charge in [-0.05, 0) is 30.9 Å². The average Bonchev–Trinajstić information content (AvgIpc) is 3.04. The van der Waals surface area contributed by atoms with Crippen LogP contribution >= 0.6 is 0 Å². The zero-order valence-corrected chi connectivity index (χ0v) is 12.6. The smallest absolute Gasteiger partial charge is 0.407 e. The number of hydrogen-bond donors (Lipinski definition) is 1. The first-order valence-electron chi connectivity index (χ1n) is 7.44. The summed E-state index contributed by atoms with van der Waals surface area (Å²) in [5, 5.41) is 22.3. The molecule has 1 aliphatic heterocycles. The Kier molecular flexibility index (Phi) is 3.98. The second-order valence-electron chi connectivity index (χ2n) is 5.69. The minimum atomic E-state index is -0.979. The number of hydrogen-bond acceptors (Lipinski definition) is 5. The minimum absolute atomic E-state index is 0.110. The summed E-state index contributed by atoms with van der Waals surface area (Å²) in [4.78, 5) is 17.2. The van der Waals surface area contributed by atoms with Crippen LogP contribution in [0.3, 0.4) is 0 Å². The number of carbonyl (C=O) groups is 1. The summed E-state index contributed by atoms with van der Waals surface area (Å²) in [6, 6.07) is 8.54. The van der Waals surface area contributed by atoms with Crippen molar-refractivity contribution in [1.29, 1.82) is 5.26 Å². The van der Waals surface area contributed by atoms with E-state index in [2.05, 4.69) is 16.2 Å². The second kappa shape index (κ2) is 6.08. The maximum Gasteiger partial charge on any atom is 0.407 e. The highest BCUT2D eigenvalue weighted by molar-refractivity contribution is 5.66. The van der Waals surface area contributed by atoms with Gasteiger partial charge in [0.2, 0.25) is 11.7 Å². The Balaban J connectivity index is 1.94. The predicted molar refractivity (Wildman–Crippen MR) is 80.3 cm³/mol. The Bertz CT molecular complexity index is 765. The molecule has 0 spiro atoms. The van der Waals surface area contributed by atoms with Gasteiger partial charge in [0.05, 0.1) is 11.6 Å². The van der Waals surface area contributed by atoms with E-state index in [1.807, 2.05) is 6.92 Å². The van der Waals surface area contributed by atoms with Gasteiger partial charge >= 0.3 is 6.09 Å². The number of nitrogens with zero attached hydrogens (tertiary/aromatic N) is 4. The first kappa shape index (κ1) is 15.0. The third-order valence-electron chi connectivity index (χ3n) is 4.12. The third kappa shape index (κ3) is 2.88. The summed E-state index contributed by atoms with van der Waals surface area (Å²) in [7, 11) is 0. The molecule has 2 heterocycles. The van der Waals surface area contributed by atoms with Crippen LogP contribution in [0.5, 0.6) is 0 Å². The van der Waals surface area contributed by atoms with E-state index in [0.717, 1.165) is 12.8 Å². The lowest BCUT2D eigenvalue weighted by molar-refractivity contribution is 0.0671. The molecule has 1 aromatic carbocycles. The zero-order valence-electron chi connectivity index (χ0n) is 12.6. The number of carboxylic acid groups (broad SMARTS) is 1. The van der Waals surface area contributed by atoms with Crippen LogP contribution in [0.15, 0.2) is 28.8 Å². The van der Waals surface area contributed by atoms with Gasteiger partial charge in [0.15, 0.2) is 0 Å². The average molecular weight is 312 g/mol. The van der Waals surface area contributed by atoms with Crippen LogP contribution in [0.1, 0.15) is 37.3 Å². The third-order valence-corrected chi connectivity index (χ3v) is 4.12. The van der Waals surface area contributed by atoms with Crippen LogP contribution in [-0.4, -0.2) is 32.8 Å². The molecule has 3 rings (SSSR count). The molecule has 1 N–H and O–H groups in total. The lowest BCUT2D eigenvalue weighted by Gasteiger charge is -2.35. The Morgan fingerprint density at radius 3 is 3.09 bits per heavy atom. The van der Waals surface area contributed by atoms with Crippen molar-refractivity contribution in [3.8, 4) is 17.5 Å². The fourth-order valence-electron chi connectivity index (χ4n) is 2.98. The van der Waals surface area contributed by atoms with E-state index in [-0.39, 0.29) is 5.92 Å². The summed E-state index contributed by atoms with van der Waals surface area (Å²) in [5.41, 5.74) is 1.18. The van der Waals surface area contributed by atoms with Gasteiger partial charge in [-0.2, -0.15) is 10.2 Å². The molecule has 1 amide bonds. The lowest BCUT2D eigenvalue weighted by Crippen LogP contribution is -2.41. The Hall–Kier alpha value is -2.88. The summed E-state index contributed by atoms with van der Waals surface area (Å²) >= 11 is 0. The Labute approximate surface area is 133 Å². The number of nitriles is 1. The summed E-state index contributed by atoms with van der Waals surface area (Å²) < 4.78 is 5.33. The normalized spacial score (nSPS) is 21.0. The van der Waals surface area contributed by atoms with Gasteiger partial charge in [-0.25, -0.2) is 4.79 Å². The highest BCUT2D eigenvalue weighted by Gasteiger charge is 2.37. The molecular formula is C16H16N4O3. The van der Waals surface area contributed by atoms with E-state index in [0.29, 0.717) is 29.4 Å². The molecule has 118 valence electrons. The summed E-state index contributed by atoms with van der Waals surface area (Å²) in [6.45, 7) is 2.45. The molecule has 2 aromatic rings. The van der Waals surface area contributed by atoms with Gasteiger partial charge in [-0.15, -0.1) is 0 Å². The van der Waals surface area contributed by atoms with Gasteiger partial charge in [-0.3, -0.25) is 4.90 Å². The van der Waals surface area contributed by atoms with Crippen LogP contribution in [0.4, 0.5) is 4.79 Å². The molecule has 0 aliphatic carbocycles. The van der Waals surface area contributed by atoms with E-state index >= 15 is 0 Å². The summed E-state index contributed by atoms with van der Waals surface area (Å²) in [5.74, 6) is 0.774. The van der Waals surface area contributed by atoms with Crippen molar-refractivity contribution in [3.63, 3.8) is 0 Å². The van der Waals surface area contributed by atoms with Crippen LogP contribution in [-0.2, 0) is 0 Å². The molecule has 2 atom stereocenters. The number of likely N-dealkylation sites (tertiary alicyclic amines) is 1. The first-order valence-corrected chi connectivity index (χ1v) is 7.44. The zero-order chi connectivity index (χ0) is 16.4. The predicted octanol–water partition coefficient (Wildman–Crippen LogP) is 3.06. The number of piperidine rings is 1. The fourth-order valence-corrected chi connectivity index (χ4v) is 2.98. The van der Waals surface area contributed by atoms with E-state index in [9.17, 15) is 9.90 Å². The molecule has 7 nitrogen and oxygen atoms in total. The number of aromatic nitrogens is 2. The Morgan fingerprint density at radius 1 is 1.52 bits per heavy atom. The van der Waals surface area contributed by atoms with Gasteiger partial charge in [0, 0.05) is 12.1 Å². The molecule has 1 fully saturated rings. The van der Waals surface area contributed by atoms with E-state index in [1.165, 1.54) is 4.90 Å². The highest BCUT2D eigenvalue weighted by Crippen LogP contribution is 2.35. The van der Waals surface area contributed by atoms with Crippen LogP contribution in [0, 0.1) is 17.2 Å². The molecule has 0 saturated carbocycles. The maximum atomic E-state index is 11.4. The van der Waals surface area contributed by atoms with Crippen LogP contribution < -0.4 is 0 Å². The van der Waals surface area contributed by atoms with Crippen molar-refractivity contribution in [2.45, 2.75) is 25.8 Å². The number of amides is 1. The fraction of sp³-hybridized carbons (Fsp3) is 0.375. The number of rotatable bonds is 2. The molecule has 0 bridgehead atoms. The van der Waals surface area contributed by atoms with Crippen molar-refractivity contribution in [2.24, 2.45) is 5.92 Å². The topological polar surface area (TPSA) is 103 Å². The number of benzene rings is 1. The van der Waals surface area contributed by atoms with Gasteiger partial charge < -0.3 is 9.63 Å². The largest absolute Gasteiger partial charge is 0.465 e. The standard InChI is InChI=1S/C16H16N4O3/c1-10-4-3-7-20(16(21)22)13(10)15-18-14(19-23-15)12-6-2-5-11(8-12)9-17/h2,5-6,8,10,13H,3-4,7H2,1H3,(H,21,22). The Morgan fingerprint density at radius 2 is 2.35 bits per heavy atom. The van der Waals surface area contributed by atoms with Crippen molar-refractivity contribution in [3.05, 3.63) is 35.7 Å². The van der Waals surface area contributed by atoms with Gasteiger partial charge in [0.25, 0.3) is 0 Å². The molecule has 7 heteroatoms. The van der Waals surface area contributed by atoms with Crippen molar-refractivity contribution in [1.82, 2.24) is 15.0 Å². The molecule has 1 aromatic heterocycles. The van der Waals surface area contributed by atoms with Crippen LogP contribution in [0.25, 0.3) is 11.4 Å². The minimum Gasteiger partial charge on any atom is -0.465 e. The van der Waals surface area contributed by atoms with E-state index in [4.69, 9.17) is 9.78 Å². The molecule has 1 saturated heterocycles. The van der Waals surface area contributed by atoms with Crippen molar-refractivity contribution < 1.29 is 14.4 Å².